The number of Topliss-reactive ketones (excluding diaryl/α,β-unsaturated/α-hetero) is 1. The summed E-state index contributed by atoms with van der Waals surface area (Å²) in [6, 6.07) is 18.8. The average Bonchev–Trinajstić information content (AvgIpc) is 3.70. The number of halogens is 1. The van der Waals surface area contributed by atoms with Crippen LogP contribution in [0.4, 0.5) is 0 Å². The zero-order valence-corrected chi connectivity index (χ0v) is 20.1. The lowest BCUT2D eigenvalue weighted by atomic mass is 9.93. The molecule has 35 heavy (non-hydrogen) atoms. The summed E-state index contributed by atoms with van der Waals surface area (Å²) in [5.74, 6) is 0.670. The number of ether oxygens (including phenoxy) is 2. The molecule has 1 unspecified atom stereocenters. The highest BCUT2D eigenvalue weighted by molar-refractivity contribution is 6.32. The zero-order valence-electron chi connectivity index (χ0n) is 19.3. The van der Waals surface area contributed by atoms with Gasteiger partial charge in [-0.3, -0.25) is 9.59 Å². The Bertz CT molecular complexity index is 1250. The molecule has 5 nitrogen and oxygen atoms in total. The van der Waals surface area contributed by atoms with Crippen molar-refractivity contribution < 1.29 is 24.2 Å². The summed E-state index contributed by atoms with van der Waals surface area (Å²) >= 11 is 6.38. The fourth-order valence-electron chi connectivity index (χ4n) is 4.70. The van der Waals surface area contributed by atoms with Crippen LogP contribution in [0, 0.1) is 0 Å². The third-order valence-corrected chi connectivity index (χ3v) is 7.02. The van der Waals surface area contributed by atoms with Gasteiger partial charge in [0.2, 0.25) is 0 Å². The number of fused-ring (bicyclic) bond motifs is 1. The molecule has 1 aliphatic carbocycles. The second-order valence-corrected chi connectivity index (χ2v) is 9.63. The average molecular weight is 491 g/mol. The van der Waals surface area contributed by atoms with Crippen LogP contribution in [-0.4, -0.2) is 23.5 Å². The van der Waals surface area contributed by atoms with E-state index in [9.17, 15) is 14.7 Å². The van der Waals surface area contributed by atoms with Crippen LogP contribution in [-0.2, 0) is 11.2 Å². The van der Waals surface area contributed by atoms with Gasteiger partial charge < -0.3 is 14.6 Å². The Balaban J connectivity index is 1.20. The van der Waals surface area contributed by atoms with Crippen LogP contribution in [0.2, 0.25) is 5.02 Å². The van der Waals surface area contributed by atoms with Crippen molar-refractivity contribution in [1.82, 2.24) is 0 Å². The summed E-state index contributed by atoms with van der Waals surface area (Å²) in [6.45, 7) is 0.327. The first-order valence-electron chi connectivity index (χ1n) is 12.1. The number of rotatable bonds is 9. The fourth-order valence-corrected chi connectivity index (χ4v) is 4.91. The fraction of sp³-hybridized carbons (Fsp3) is 0.310. The highest BCUT2D eigenvalue weighted by Crippen LogP contribution is 2.43. The molecule has 1 atom stereocenters. The highest BCUT2D eigenvalue weighted by atomic mass is 35.5. The van der Waals surface area contributed by atoms with Crippen LogP contribution in [0.1, 0.15) is 71.0 Å². The topological polar surface area (TPSA) is 72.8 Å². The number of aryl methyl sites for hydroxylation is 1. The summed E-state index contributed by atoms with van der Waals surface area (Å²) in [5.41, 5.74) is 4.03. The van der Waals surface area contributed by atoms with E-state index in [4.69, 9.17) is 21.1 Å². The van der Waals surface area contributed by atoms with Crippen molar-refractivity contribution in [3.63, 3.8) is 0 Å². The molecule has 0 spiro atoms. The summed E-state index contributed by atoms with van der Waals surface area (Å²) in [4.78, 5) is 24.2. The molecule has 1 N–H and O–H groups in total. The maximum absolute atomic E-state index is 12.7. The van der Waals surface area contributed by atoms with Crippen molar-refractivity contribution in [2.75, 3.05) is 6.61 Å². The van der Waals surface area contributed by atoms with E-state index in [1.807, 2.05) is 0 Å². The highest BCUT2D eigenvalue weighted by Gasteiger charge is 2.29. The monoisotopic (exact) mass is 490 g/mol. The lowest BCUT2D eigenvalue weighted by Crippen LogP contribution is -2.20. The van der Waals surface area contributed by atoms with Crippen molar-refractivity contribution >= 4 is 23.4 Å². The van der Waals surface area contributed by atoms with E-state index in [2.05, 4.69) is 24.3 Å². The second-order valence-electron chi connectivity index (χ2n) is 9.22. The molecule has 2 aliphatic rings. The van der Waals surface area contributed by atoms with E-state index in [-0.39, 0.29) is 5.78 Å². The van der Waals surface area contributed by atoms with Gasteiger partial charge in [-0.25, -0.2) is 0 Å². The van der Waals surface area contributed by atoms with Crippen LogP contribution in [0.5, 0.6) is 17.2 Å². The summed E-state index contributed by atoms with van der Waals surface area (Å²) < 4.78 is 11.5. The van der Waals surface area contributed by atoms with Gasteiger partial charge in [-0.1, -0.05) is 35.9 Å². The maximum Gasteiger partial charge on any atom is 0.311 e. The lowest BCUT2D eigenvalue weighted by molar-refractivity contribution is -0.139. The maximum atomic E-state index is 12.7. The Labute approximate surface area is 209 Å². The number of ketones is 1. The molecule has 0 aromatic heterocycles. The Morgan fingerprint density at radius 1 is 1.00 bits per heavy atom. The number of carboxylic acids is 1. The Morgan fingerprint density at radius 2 is 1.77 bits per heavy atom. The quantitative estimate of drug-likeness (QED) is 0.322. The molecule has 5 rings (SSSR count). The van der Waals surface area contributed by atoms with Gasteiger partial charge in [-0.15, -0.1) is 0 Å². The Kier molecular flexibility index (Phi) is 6.78. The van der Waals surface area contributed by atoms with E-state index in [0.717, 1.165) is 12.8 Å². The first-order valence-corrected chi connectivity index (χ1v) is 12.5. The molecule has 6 heteroatoms. The SMILES string of the molecule is O=C(CCCc1ccccc1C1CC1)c1ccc(Oc2cc3c(cc2Cl)C(C(=O)O)CCO3)cc1. The molecule has 3 aromatic rings. The first-order chi connectivity index (χ1) is 17.0. The Morgan fingerprint density at radius 3 is 2.51 bits per heavy atom. The van der Waals surface area contributed by atoms with E-state index in [1.165, 1.54) is 24.0 Å². The van der Waals surface area contributed by atoms with Crippen LogP contribution in [0.3, 0.4) is 0 Å². The van der Waals surface area contributed by atoms with Gasteiger partial charge in [0.1, 0.15) is 17.2 Å². The minimum atomic E-state index is -0.897. The molecule has 1 fully saturated rings. The summed E-state index contributed by atoms with van der Waals surface area (Å²) in [6.07, 6.45) is 5.19. The van der Waals surface area contributed by atoms with E-state index >= 15 is 0 Å². The molecule has 0 radical (unpaired) electrons. The van der Waals surface area contributed by atoms with Crippen molar-refractivity contribution in [3.8, 4) is 17.2 Å². The Hall–Kier alpha value is -3.31. The predicted molar refractivity (Wildman–Crippen MR) is 134 cm³/mol. The first kappa shape index (κ1) is 23.4. The van der Waals surface area contributed by atoms with Gasteiger partial charge in [-0.2, -0.15) is 0 Å². The number of hydrogen-bond acceptors (Lipinski definition) is 4. The molecule has 0 amide bonds. The number of hydrogen-bond donors (Lipinski definition) is 1. The van der Waals surface area contributed by atoms with Crippen molar-refractivity contribution in [2.45, 2.75) is 50.4 Å². The number of carbonyl (C=O) groups excluding carboxylic acids is 1. The van der Waals surface area contributed by atoms with Crippen molar-refractivity contribution in [2.24, 2.45) is 0 Å². The minimum absolute atomic E-state index is 0.111. The van der Waals surface area contributed by atoms with E-state index in [0.29, 0.717) is 58.8 Å². The smallest absolute Gasteiger partial charge is 0.311 e. The van der Waals surface area contributed by atoms with Crippen LogP contribution >= 0.6 is 11.6 Å². The molecular weight excluding hydrogens is 464 g/mol. The minimum Gasteiger partial charge on any atom is -0.493 e. The zero-order chi connectivity index (χ0) is 24.4. The normalized spacial score (nSPS) is 16.8. The van der Waals surface area contributed by atoms with Gasteiger partial charge in [-0.05, 0) is 79.5 Å². The predicted octanol–water partition coefficient (Wildman–Crippen LogP) is 7.17. The van der Waals surface area contributed by atoms with Crippen LogP contribution < -0.4 is 9.47 Å². The second kappa shape index (κ2) is 10.1. The van der Waals surface area contributed by atoms with Crippen molar-refractivity contribution in [1.29, 1.82) is 0 Å². The lowest BCUT2D eigenvalue weighted by Gasteiger charge is -2.24. The number of carbonyl (C=O) groups is 2. The third-order valence-electron chi connectivity index (χ3n) is 6.73. The van der Waals surface area contributed by atoms with E-state index in [1.54, 1.807) is 36.4 Å². The summed E-state index contributed by atoms with van der Waals surface area (Å²) in [5, 5.41) is 9.75. The van der Waals surface area contributed by atoms with Gasteiger partial charge in [0.15, 0.2) is 5.78 Å². The number of aliphatic carboxylic acids is 1. The molecule has 0 saturated heterocycles. The summed E-state index contributed by atoms with van der Waals surface area (Å²) in [7, 11) is 0. The molecule has 1 heterocycles. The molecule has 180 valence electrons. The number of carboxylic acid groups (broad SMARTS) is 1. The van der Waals surface area contributed by atoms with Crippen molar-refractivity contribution in [3.05, 3.63) is 87.9 Å². The van der Waals surface area contributed by atoms with Crippen LogP contribution in [0.15, 0.2) is 60.7 Å². The molecule has 1 aliphatic heterocycles. The third kappa shape index (κ3) is 5.35. The van der Waals surface area contributed by atoms with Gasteiger partial charge >= 0.3 is 5.97 Å². The molecule has 3 aromatic carbocycles. The van der Waals surface area contributed by atoms with Gasteiger partial charge in [0.05, 0.1) is 17.5 Å². The molecule has 1 saturated carbocycles. The largest absolute Gasteiger partial charge is 0.493 e. The van der Waals surface area contributed by atoms with Crippen LogP contribution in [0.25, 0.3) is 0 Å². The van der Waals surface area contributed by atoms with Gasteiger partial charge in [0, 0.05) is 23.6 Å². The molecule has 0 bridgehead atoms. The standard InChI is InChI=1S/C29H27ClO5/c30-25-16-24-23(29(32)33)14-15-34-27(24)17-28(25)35-21-12-10-20(11-13-21)26(31)7-3-5-18-4-1-2-6-22(18)19-8-9-19/h1-2,4,6,10-13,16-17,19,23H,3,5,7-9,14-15H2,(H,32,33). The number of benzene rings is 3. The van der Waals surface area contributed by atoms with Gasteiger partial charge in [0.25, 0.3) is 0 Å². The molecular formula is C29H27ClO5. The van der Waals surface area contributed by atoms with E-state index < -0.39 is 11.9 Å².